The van der Waals surface area contributed by atoms with E-state index in [1.54, 1.807) is 0 Å². The molecule has 0 N–H and O–H groups in total. The van der Waals surface area contributed by atoms with Crippen molar-refractivity contribution >= 4 is 0 Å². The molecule has 0 unspecified atom stereocenters. The molecule has 1 aromatic carbocycles. The Morgan fingerprint density at radius 3 is 1.83 bits per heavy atom. The first-order chi connectivity index (χ1) is 5.61. The van der Waals surface area contributed by atoms with E-state index >= 15 is 0 Å². The lowest BCUT2D eigenvalue weighted by Gasteiger charge is -2.15. The zero-order valence-electron chi connectivity index (χ0n) is 8.46. The summed E-state index contributed by atoms with van der Waals surface area (Å²) < 4.78 is 0. The van der Waals surface area contributed by atoms with E-state index in [-0.39, 0.29) is 0 Å². The predicted octanol–water partition coefficient (Wildman–Crippen LogP) is 3.75. The first-order valence-corrected chi connectivity index (χ1v) is 4.68. The molecule has 0 spiro atoms. The number of hydrogen-bond donors (Lipinski definition) is 0. The highest BCUT2D eigenvalue weighted by Crippen LogP contribution is 2.23. The van der Waals surface area contributed by atoms with Gasteiger partial charge in [0.05, 0.1) is 0 Å². The SMILES string of the molecule is Cc1ccc([C@H](C)C(C)C)cc1. The van der Waals surface area contributed by atoms with Crippen LogP contribution in [-0.2, 0) is 0 Å². The van der Waals surface area contributed by atoms with Crippen LogP contribution in [0.2, 0.25) is 0 Å². The average molecular weight is 162 g/mol. The molecule has 1 aromatic rings. The van der Waals surface area contributed by atoms with Crippen LogP contribution in [0.3, 0.4) is 0 Å². The van der Waals surface area contributed by atoms with Crippen LogP contribution in [0.15, 0.2) is 24.3 Å². The van der Waals surface area contributed by atoms with Crippen molar-refractivity contribution < 1.29 is 0 Å². The summed E-state index contributed by atoms with van der Waals surface area (Å²) in [6.45, 7) is 8.95. The fourth-order valence-corrected chi connectivity index (χ4v) is 1.25. The topological polar surface area (TPSA) is 0 Å². The van der Waals surface area contributed by atoms with Crippen molar-refractivity contribution in [1.29, 1.82) is 0 Å². The number of hydrogen-bond acceptors (Lipinski definition) is 0. The second-order valence-electron chi connectivity index (χ2n) is 3.94. The van der Waals surface area contributed by atoms with Gasteiger partial charge in [-0.15, -0.1) is 0 Å². The average Bonchev–Trinajstić information content (AvgIpc) is 2.04. The third-order valence-electron chi connectivity index (χ3n) is 2.60. The van der Waals surface area contributed by atoms with E-state index < -0.39 is 0 Å². The van der Waals surface area contributed by atoms with E-state index in [0.717, 1.165) is 5.92 Å². The highest BCUT2D eigenvalue weighted by Gasteiger charge is 2.08. The maximum atomic E-state index is 2.29. The van der Waals surface area contributed by atoms with Gasteiger partial charge >= 0.3 is 0 Å². The number of benzene rings is 1. The molecule has 0 aromatic heterocycles. The van der Waals surface area contributed by atoms with Crippen LogP contribution in [0, 0.1) is 12.8 Å². The molecule has 0 aliphatic rings. The van der Waals surface area contributed by atoms with Crippen LogP contribution < -0.4 is 0 Å². The van der Waals surface area contributed by atoms with E-state index in [9.17, 15) is 0 Å². The summed E-state index contributed by atoms with van der Waals surface area (Å²) in [6.07, 6.45) is 0. The highest BCUT2D eigenvalue weighted by molar-refractivity contribution is 5.24. The molecule has 0 amide bonds. The van der Waals surface area contributed by atoms with Crippen LogP contribution in [0.1, 0.15) is 37.8 Å². The van der Waals surface area contributed by atoms with Crippen LogP contribution in [0.4, 0.5) is 0 Å². The van der Waals surface area contributed by atoms with E-state index in [1.807, 2.05) is 0 Å². The molecule has 0 bridgehead atoms. The van der Waals surface area contributed by atoms with Crippen LogP contribution in [0.5, 0.6) is 0 Å². The Labute approximate surface area is 75.6 Å². The first kappa shape index (κ1) is 9.31. The van der Waals surface area contributed by atoms with Gasteiger partial charge < -0.3 is 0 Å². The second kappa shape index (κ2) is 3.75. The lowest BCUT2D eigenvalue weighted by Crippen LogP contribution is -2.01. The molecule has 12 heavy (non-hydrogen) atoms. The van der Waals surface area contributed by atoms with Gasteiger partial charge in [-0.3, -0.25) is 0 Å². The quantitative estimate of drug-likeness (QED) is 0.621. The van der Waals surface area contributed by atoms with Crippen molar-refractivity contribution in [1.82, 2.24) is 0 Å². The Hall–Kier alpha value is -0.780. The molecule has 1 rings (SSSR count). The molecular weight excluding hydrogens is 144 g/mol. The predicted molar refractivity (Wildman–Crippen MR) is 54.4 cm³/mol. The van der Waals surface area contributed by atoms with E-state index in [0.29, 0.717) is 5.92 Å². The molecule has 1 atom stereocenters. The zero-order chi connectivity index (χ0) is 9.14. The fourth-order valence-electron chi connectivity index (χ4n) is 1.25. The molecule has 0 saturated heterocycles. The Morgan fingerprint density at radius 2 is 1.42 bits per heavy atom. The van der Waals surface area contributed by atoms with Crippen LogP contribution >= 0.6 is 0 Å². The molecule has 0 saturated carbocycles. The lowest BCUT2D eigenvalue weighted by atomic mass is 9.90. The van der Waals surface area contributed by atoms with E-state index in [4.69, 9.17) is 0 Å². The summed E-state index contributed by atoms with van der Waals surface area (Å²) in [5.74, 6) is 1.40. The number of rotatable bonds is 2. The third kappa shape index (κ3) is 2.10. The van der Waals surface area contributed by atoms with Gasteiger partial charge in [-0.25, -0.2) is 0 Å². The molecule has 0 heteroatoms. The summed E-state index contributed by atoms with van der Waals surface area (Å²) in [5.41, 5.74) is 2.80. The first-order valence-electron chi connectivity index (χ1n) is 4.68. The monoisotopic (exact) mass is 162 g/mol. The standard InChI is InChI=1S/C12H18/c1-9(2)11(4)12-7-5-10(3)6-8-12/h5-9,11H,1-4H3/t11-/m1/s1. The lowest BCUT2D eigenvalue weighted by molar-refractivity contribution is 0.535. The smallest absolute Gasteiger partial charge is 0.0167 e. The van der Waals surface area contributed by atoms with Gasteiger partial charge in [0.15, 0.2) is 0 Å². The molecule has 0 heterocycles. The Kier molecular flexibility index (Phi) is 2.91. The normalized spacial score (nSPS) is 13.4. The molecule has 0 fully saturated rings. The molecule has 0 nitrogen and oxygen atoms in total. The van der Waals surface area contributed by atoms with Crippen molar-refractivity contribution in [3.8, 4) is 0 Å². The second-order valence-corrected chi connectivity index (χ2v) is 3.94. The largest absolute Gasteiger partial charge is 0.0622 e. The molecule has 66 valence electrons. The summed E-state index contributed by atoms with van der Waals surface area (Å²) in [5, 5.41) is 0. The van der Waals surface area contributed by atoms with Crippen molar-refractivity contribution in [2.75, 3.05) is 0 Å². The van der Waals surface area contributed by atoms with E-state index in [1.165, 1.54) is 11.1 Å². The molecule has 0 aliphatic carbocycles. The van der Waals surface area contributed by atoms with Crippen molar-refractivity contribution in [3.05, 3.63) is 35.4 Å². The minimum Gasteiger partial charge on any atom is -0.0622 e. The van der Waals surface area contributed by atoms with Gasteiger partial charge in [-0.05, 0) is 24.3 Å². The summed E-state index contributed by atoms with van der Waals surface area (Å²) in [7, 11) is 0. The van der Waals surface area contributed by atoms with Gasteiger partial charge in [-0.2, -0.15) is 0 Å². The highest BCUT2D eigenvalue weighted by atomic mass is 14.1. The Morgan fingerprint density at radius 1 is 0.917 bits per heavy atom. The van der Waals surface area contributed by atoms with Crippen molar-refractivity contribution in [2.45, 2.75) is 33.6 Å². The summed E-state index contributed by atoms with van der Waals surface area (Å²) >= 11 is 0. The van der Waals surface area contributed by atoms with Gasteiger partial charge in [0.2, 0.25) is 0 Å². The van der Waals surface area contributed by atoms with E-state index in [2.05, 4.69) is 52.0 Å². The zero-order valence-corrected chi connectivity index (χ0v) is 8.46. The Balaban J connectivity index is 2.82. The summed E-state index contributed by atoms with van der Waals surface area (Å²) in [6, 6.07) is 8.85. The summed E-state index contributed by atoms with van der Waals surface area (Å²) in [4.78, 5) is 0. The van der Waals surface area contributed by atoms with Crippen molar-refractivity contribution in [2.24, 2.45) is 5.92 Å². The maximum Gasteiger partial charge on any atom is -0.0167 e. The minimum absolute atomic E-state index is 0.672. The van der Waals surface area contributed by atoms with Crippen LogP contribution in [0.25, 0.3) is 0 Å². The Bertz CT molecular complexity index is 231. The van der Waals surface area contributed by atoms with Crippen LogP contribution in [-0.4, -0.2) is 0 Å². The maximum absolute atomic E-state index is 2.29. The van der Waals surface area contributed by atoms with Gasteiger partial charge in [-0.1, -0.05) is 50.6 Å². The molecular formula is C12H18. The molecule has 0 radical (unpaired) electrons. The fraction of sp³-hybridized carbons (Fsp3) is 0.500. The van der Waals surface area contributed by atoms with Gasteiger partial charge in [0, 0.05) is 0 Å². The third-order valence-corrected chi connectivity index (χ3v) is 2.60. The minimum atomic E-state index is 0.672. The molecule has 0 aliphatic heterocycles. The van der Waals surface area contributed by atoms with Gasteiger partial charge in [0.25, 0.3) is 0 Å². The van der Waals surface area contributed by atoms with Crippen molar-refractivity contribution in [3.63, 3.8) is 0 Å². The number of aryl methyl sites for hydroxylation is 1. The van der Waals surface area contributed by atoms with Gasteiger partial charge in [0.1, 0.15) is 0 Å².